The lowest BCUT2D eigenvalue weighted by Gasteiger charge is -2.04. The summed E-state index contributed by atoms with van der Waals surface area (Å²) in [6.07, 6.45) is 2.16. The molecule has 104 valence electrons. The molecule has 1 aromatic heterocycles. The van der Waals surface area contributed by atoms with Crippen molar-refractivity contribution in [1.82, 2.24) is 4.98 Å². The Balaban J connectivity index is 1.93. The minimum atomic E-state index is -0.355. The molecule has 1 aliphatic rings. The lowest BCUT2D eigenvalue weighted by molar-refractivity contribution is -0.385. The maximum atomic E-state index is 11.0. The molecule has 20 heavy (non-hydrogen) atoms. The Morgan fingerprint density at radius 1 is 1.50 bits per heavy atom. The number of thiazole rings is 1. The van der Waals surface area contributed by atoms with Gasteiger partial charge in [0.2, 0.25) is 0 Å². The minimum Gasteiger partial charge on any atom is -0.371 e. The fraction of sp³-hybridized carbons (Fsp3) is 0.357. The summed E-state index contributed by atoms with van der Waals surface area (Å²) < 4.78 is 5.61. The van der Waals surface area contributed by atoms with Gasteiger partial charge in [-0.2, -0.15) is 0 Å². The third kappa shape index (κ3) is 2.44. The minimum absolute atomic E-state index is 0.0918. The fourth-order valence-corrected chi connectivity index (χ4v) is 3.22. The summed E-state index contributed by atoms with van der Waals surface area (Å²) in [4.78, 5) is 15.2. The molecule has 0 bridgehead atoms. The highest BCUT2D eigenvalue weighted by Gasteiger charge is 2.21. The van der Waals surface area contributed by atoms with Gasteiger partial charge in [0.25, 0.3) is 5.69 Å². The van der Waals surface area contributed by atoms with Crippen LogP contribution >= 0.6 is 11.3 Å². The van der Waals surface area contributed by atoms with Gasteiger partial charge in [0.1, 0.15) is 11.1 Å². The van der Waals surface area contributed by atoms with E-state index in [0.717, 1.165) is 35.7 Å². The summed E-state index contributed by atoms with van der Waals surface area (Å²) in [5.74, 6) is 0. The molecule has 3 rings (SSSR count). The van der Waals surface area contributed by atoms with Gasteiger partial charge in [0.05, 0.1) is 10.6 Å². The van der Waals surface area contributed by atoms with Crippen LogP contribution in [0.1, 0.15) is 29.5 Å². The van der Waals surface area contributed by atoms with Gasteiger partial charge >= 0.3 is 0 Å². The number of nitro groups is 1. The first kappa shape index (κ1) is 13.2. The topological polar surface area (TPSA) is 65.3 Å². The second kappa shape index (κ2) is 5.30. The van der Waals surface area contributed by atoms with E-state index in [-0.39, 0.29) is 16.7 Å². The van der Waals surface area contributed by atoms with E-state index in [0.29, 0.717) is 5.56 Å². The van der Waals surface area contributed by atoms with Crippen LogP contribution in [-0.4, -0.2) is 16.5 Å². The number of benzene rings is 1. The van der Waals surface area contributed by atoms with E-state index in [1.165, 1.54) is 0 Å². The van der Waals surface area contributed by atoms with Crippen molar-refractivity contribution in [3.63, 3.8) is 0 Å². The fourth-order valence-electron chi connectivity index (χ4n) is 2.31. The summed E-state index contributed by atoms with van der Waals surface area (Å²) in [7, 11) is 0. The van der Waals surface area contributed by atoms with E-state index in [9.17, 15) is 10.1 Å². The van der Waals surface area contributed by atoms with E-state index < -0.39 is 0 Å². The van der Waals surface area contributed by atoms with Gasteiger partial charge in [-0.1, -0.05) is 12.1 Å². The molecule has 5 nitrogen and oxygen atoms in total. The third-order valence-corrected chi connectivity index (χ3v) is 4.37. The Kier molecular flexibility index (Phi) is 3.50. The predicted octanol–water partition coefficient (Wildman–Crippen LogP) is 3.88. The molecule has 1 aliphatic heterocycles. The average Bonchev–Trinajstić information content (AvgIpc) is 3.09. The van der Waals surface area contributed by atoms with E-state index in [1.807, 2.05) is 11.4 Å². The number of aryl methyl sites for hydroxylation is 1. The molecule has 1 saturated heterocycles. The molecular weight excluding hydrogens is 276 g/mol. The van der Waals surface area contributed by atoms with Gasteiger partial charge in [0, 0.05) is 29.2 Å². The molecule has 2 aromatic rings. The molecule has 1 fully saturated rings. The van der Waals surface area contributed by atoms with Crippen LogP contribution in [0.5, 0.6) is 0 Å². The molecule has 0 amide bonds. The van der Waals surface area contributed by atoms with Crippen LogP contribution in [0.4, 0.5) is 5.69 Å². The number of aromatic nitrogens is 1. The quantitative estimate of drug-likeness (QED) is 0.635. The van der Waals surface area contributed by atoms with E-state index in [2.05, 4.69) is 4.98 Å². The van der Waals surface area contributed by atoms with Crippen molar-refractivity contribution in [1.29, 1.82) is 0 Å². The van der Waals surface area contributed by atoms with Crippen molar-refractivity contribution in [3.05, 3.63) is 44.3 Å². The maximum Gasteiger partial charge on any atom is 0.272 e. The first-order valence-corrected chi connectivity index (χ1v) is 7.35. The summed E-state index contributed by atoms with van der Waals surface area (Å²) >= 11 is 1.55. The lowest BCUT2D eigenvalue weighted by atomic mass is 10.1. The third-order valence-electron chi connectivity index (χ3n) is 3.43. The van der Waals surface area contributed by atoms with E-state index in [4.69, 9.17) is 4.74 Å². The molecular formula is C14H14N2O3S. The van der Waals surface area contributed by atoms with Crippen LogP contribution in [0.15, 0.2) is 23.6 Å². The molecule has 0 unspecified atom stereocenters. The monoisotopic (exact) mass is 290 g/mol. The Hall–Kier alpha value is -1.79. The highest BCUT2D eigenvalue weighted by atomic mass is 32.1. The molecule has 0 N–H and O–H groups in total. The Morgan fingerprint density at radius 3 is 3.05 bits per heavy atom. The number of ether oxygens (including phenoxy) is 1. The first-order chi connectivity index (χ1) is 9.65. The number of nitro benzene ring substituents is 1. The van der Waals surface area contributed by atoms with Gasteiger partial charge in [-0.3, -0.25) is 10.1 Å². The Morgan fingerprint density at radius 2 is 2.35 bits per heavy atom. The summed E-state index contributed by atoms with van der Waals surface area (Å²) in [6.45, 7) is 2.52. The van der Waals surface area contributed by atoms with E-state index in [1.54, 1.807) is 30.4 Å². The smallest absolute Gasteiger partial charge is 0.272 e. The van der Waals surface area contributed by atoms with Gasteiger partial charge < -0.3 is 4.74 Å². The zero-order chi connectivity index (χ0) is 14.1. The predicted molar refractivity (Wildman–Crippen MR) is 76.9 cm³/mol. The van der Waals surface area contributed by atoms with Crippen molar-refractivity contribution < 1.29 is 9.66 Å². The first-order valence-electron chi connectivity index (χ1n) is 6.47. The number of hydrogen-bond donors (Lipinski definition) is 0. The van der Waals surface area contributed by atoms with Gasteiger partial charge in [-0.15, -0.1) is 11.3 Å². The van der Waals surface area contributed by atoms with Crippen molar-refractivity contribution in [3.8, 4) is 11.3 Å². The second-order valence-electron chi connectivity index (χ2n) is 4.83. The average molecular weight is 290 g/mol. The molecule has 1 aromatic carbocycles. The van der Waals surface area contributed by atoms with Crippen LogP contribution in [0.25, 0.3) is 11.3 Å². The van der Waals surface area contributed by atoms with Gasteiger partial charge in [-0.05, 0) is 19.8 Å². The normalized spacial score (nSPS) is 18.4. The molecule has 0 saturated carbocycles. The van der Waals surface area contributed by atoms with Crippen molar-refractivity contribution in [2.24, 2.45) is 0 Å². The van der Waals surface area contributed by atoms with Crippen molar-refractivity contribution >= 4 is 17.0 Å². The van der Waals surface area contributed by atoms with E-state index >= 15 is 0 Å². The molecule has 1 atom stereocenters. The second-order valence-corrected chi connectivity index (χ2v) is 5.72. The highest BCUT2D eigenvalue weighted by Crippen LogP contribution is 2.34. The molecule has 0 radical (unpaired) electrons. The highest BCUT2D eigenvalue weighted by molar-refractivity contribution is 7.10. The van der Waals surface area contributed by atoms with Crippen LogP contribution in [0, 0.1) is 17.0 Å². The van der Waals surface area contributed by atoms with Crippen LogP contribution in [-0.2, 0) is 4.74 Å². The Labute approximate surface area is 120 Å². The standard InChI is InChI=1S/C14H14N2O3S/c1-9-4-5-10(7-12(9)16(17)18)11-8-20-14(15-11)13-3-2-6-19-13/h4-5,7-8,13H,2-3,6H2,1H3/t13-/m0/s1. The molecule has 0 aliphatic carbocycles. The summed E-state index contributed by atoms with van der Waals surface area (Å²) in [5.41, 5.74) is 2.36. The SMILES string of the molecule is Cc1ccc(-c2csc([C@@H]3CCCO3)n2)cc1[N+](=O)[O-]. The number of hydrogen-bond acceptors (Lipinski definition) is 5. The molecule has 2 heterocycles. The zero-order valence-electron chi connectivity index (χ0n) is 11.0. The maximum absolute atomic E-state index is 11.0. The van der Waals surface area contributed by atoms with Crippen LogP contribution < -0.4 is 0 Å². The number of nitrogens with zero attached hydrogens (tertiary/aromatic N) is 2. The largest absolute Gasteiger partial charge is 0.371 e. The molecule has 6 heteroatoms. The summed E-state index contributed by atoms with van der Waals surface area (Å²) in [6, 6.07) is 5.22. The van der Waals surface area contributed by atoms with Gasteiger partial charge in [0.15, 0.2) is 0 Å². The van der Waals surface area contributed by atoms with Crippen LogP contribution in [0.2, 0.25) is 0 Å². The van der Waals surface area contributed by atoms with Crippen molar-refractivity contribution in [2.75, 3.05) is 6.61 Å². The molecule has 0 spiro atoms. The Bertz CT molecular complexity index is 648. The lowest BCUT2D eigenvalue weighted by Crippen LogP contribution is -1.95. The van der Waals surface area contributed by atoms with Crippen LogP contribution in [0.3, 0.4) is 0 Å². The number of rotatable bonds is 3. The summed E-state index contributed by atoms with van der Waals surface area (Å²) in [5, 5.41) is 13.9. The van der Waals surface area contributed by atoms with Crippen molar-refractivity contribution in [2.45, 2.75) is 25.9 Å². The zero-order valence-corrected chi connectivity index (χ0v) is 11.9. The van der Waals surface area contributed by atoms with Gasteiger partial charge in [-0.25, -0.2) is 4.98 Å².